The van der Waals surface area contributed by atoms with Crippen molar-refractivity contribution in [2.45, 2.75) is 52.2 Å². The molecule has 1 fully saturated rings. The number of ketones is 1. The van der Waals surface area contributed by atoms with Crippen molar-refractivity contribution in [3.63, 3.8) is 0 Å². The number of hydrogen-bond acceptors (Lipinski definition) is 7. The van der Waals surface area contributed by atoms with E-state index >= 15 is 0 Å². The van der Waals surface area contributed by atoms with Crippen molar-refractivity contribution in [2.24, 2.45) is 0 Å². The summed E-state index contributed by atoms with van der Waals surface area (Å²) in [6.07, 6.45) is -1.22. The van der Waals surface area contributed by atoms with Crippen LogP contribution in [0.2, 0.25) is 0 Å². The number of benzene rings is 1. The van der Waals surface area contributed by atoms with Crippen LogP contribution in [0.15, 0.2) is 42.5 Å². The second kappa shape index (κ2) is 12.5. The Kier molecular flexibility index (Phi) is 9.39. The van der Waals surface area contributed by atoms with Crippen LogP contribution >= 0.6 is 0 Å². The molecule has 0 aliphatic carbocycles. The number of carbonyl (C=O) groups excluding carboxylic acids is 4. The number of nitrogens with zero attached hydrogens (tertiary/aromatic N) is 3. The molecular weight excluding hydrogens is 504 g/mol. The van der Waals surface area contributed by atoms with E-state index in [4.69, 9.17) is 4.74 Å². The maximum absolute atomic E-state index is 13.4. The van der Waals surface area contributed by atoms with E-state index in [0.29, 0.717) is 11.3 Å². The zero-order chi connectivity index (χ0) is 28.7. The van der Waals surface area contributed by atoms with Crippen LogP contribution in [0.4, 0.5) is 4.79 Å². The van der Waals surface area contributed by atoms with Gasteiger partial charge in [0.15, 0.2) is 5.78 Å². The van der Waals surface area contributed by atoms with E-state index < -0.39 is 35.5 Å². The molecule has 1 saturated heterocycles. The highest BCUT2D eigenvalue weighted by Gasteiger charge is 2.31. The third-order valence-electron chi connectivity index (χ3n) is 6.06. The number of Topliss-reactive ketones (excluding diaryl/α,β-unsaturated/α-hetero) is 1. The first-order valence-electron chi connectivity index (χ1n) is 12.7. The summed E-state index contributed by atoms with van der Waals surface area (Å²) in [6, 6.07) is 10.9. The molecule has 11 heteroatoms. The van der Waals surface area contributed by atoms with Gasteiger partial charge in [-0.1, -0.05) is 30.3 Å². The minimum Gasteiger partial charge on any atom is -0.465 e. The number of nitrogens with one attached hydrogen (secondary N) is 1. The summed E-state index contributed by atoms with van der Waals surface area (Å²) in [5, 5.41) is 11.9. The molecule has 2 heterocycles. The Morgan fingerprint density at radius 2 is 1.62 bits per heavy atom. The van der Waals surface area contributed by atoms with E-state index in [9.17, 15) is 29.1 Å². The zero-order valence-corrected chi connectivity index (χ0v) is 22.6. The van der Waals surface area contributed by atoms with Crippen molar-refractivity contribution in [3.05, 3.63) is 53.7 Å². The van der Waals surface area contributed by atoms with Crippen LogP contribution in [0.5, 0.6) is 0 Å². The van der Waals surface area contributed by atoms with Crippen LogP contribution in [0.25, 0.3) is 11.3 Å². The van der Waals surface area contributed by atoms with Crippen LogP contribution in [-0.2, 0) is 14.3 Å². The van der Waals surface area contributed by atoms with Crippen molar-refractivity contribution in [1.82, 2.24) is 20.1 Å². The van der Waals surface area contributed by atoms with Crippen molar-refractivity contribution < 1.29 is 33.8 Å². The molecule has 2 aromatic rings. The number of ether oxygens (including phenoxy) is 1. The molecule has 0 spiro atoms. The van der Waals surface area contributed by atoms with Gasteiger partial charge in [0, 0.05) is 43.7 Å². The number of amides is 3. The van der Waals surface area contributed by atoms with E-state index in [1.54, 1.807) is 39.0 Å². The van der Waals surface area contributed by atoms with Crippen molar-refractivity contribution >= 4 is 29.7 Å². The molecule has 0 radical (unpaired) electrons. The van der Waals surface area contributed by atoms with E-state index in [1.807, 2.05) is 18.2 Å². The maximum atomic E-state index is 13.4. The highest BCUT2D eigenvalue weighted by Crippen LogP contribution is 2.20. The number of pyridine rings is 1. The Morgan fingerprint density at radius 3 is 2.18 bits per heavy atom. The van der Waals surface area contributed by atoms with Gasteiger partial charge in [0.25, 0.3) is 5.91 Å². The normalized spacial score (nSPS) is 14.4. The summed E-state index contributed by atoms with van der Waals surface area (Å²) in [6.45, 7) is 7.16. The molecule has 1 atom stereocenters. The summed E-state index contributed by atoms with van der Waals surface area (Å²) in [5.41, 5.74) is 0.666. The minimum absolute atomic E-state index is 0.0312. The number of rotatable bonds is 8. The molecule has 3 rings (SSSR count). The summed E-state index contributed by atoms with van der Waals surface area (Å²) in [5.74, 6) is -1.89. The molecule has 2 N–H and O–H groups in total. The average Bonchev–Trinajstić information content (AvgIpc) is 2.89. The van der Waals surface area contributed by atoms with Crippen LogP contribution in [0.3, 0.4) is 0 Å². The fourth-order valence-electron chi connectivity index (χ4n) is 4.09. The van der Waals surface area contributed by atoms with Gasteiger partial charge in [-0.05, 0) is 46.2 Å². The van der Waals surface area contributed by atoms with Gasteiger partial charge < -0.3 is 25.0 Å². The standard InChI is InChI=1S/C28H34N4O7/c1-18(33)20-16-22(19-8-6-5-7-9-19)29-23(17-20)25(35)30-21(10-11-24(34)39-28(2,3)4)26(36)31-12-14-32(15-13-31)27(37)38/h5-9,16-17,21H,10-15H2,1-4H3,(H,30,35)(H,37,38)/t21-/m0/s1. The van der Waals surface area contributed by atoms with Gasteiger partial charge in [0.05, 0.1) is 5.69 Å². The van der Waals surface area contributed by atoms with E-state index in [2.05, 4.69) is 10.3 Å². The summed E-state index contributed by atoms with van der Waals surface area (Å²) in [7, 11) is 0. The molecule has 1 aromatic carbocycles. The molecule has 0 saturated carbocycles. The van der Waals surface area contributed by atoms with Gasteiger partial charge in [0.2, 0.25) is 5.91 Å². The van der Waals surface area contributed by atoms with Crippen molar-refractivity contribution in [1.29, 1.82) is 0 Å². The highest BCUT2D eigenvalue weighted by molar-refractivity contribution is 6.01. The van der Waals surface area contributed by atoms with Gasteiger partial charge >= 0.3 is 12.1 Å². The lowest BCUT2D eigenvalue weighted by molar-refractivity contribution is -0.155. The number of piperazine rings is 1. The second-order valence-corrected chi connectivity index (χ2v) is 10.3. The zero-order valence-electron chi connectivity index (χ0n) is 22.6. The summed E-state index contributed by atoms with van der Waals surface area (Å²) in [4.78, 5) is 69.7. The maximum Gasteiger partial charge on any atom is 0.407 e. The molecule has 39 heavy (non-hydrogen) atoms. The van der Waals surface area contributed by atoms with Crippen LogP contribution in [-0.4, -0.2) is 87.4 Å². The first-order valence-corrected chi connectivity index (χ1v) is 12.7. The van der Waals surface area contributed by atoms with E-state index in [0.717, 1.165) is 0 Å². The quantitative estimate of drug-likeness (QED) is 0.385. The number of hydrogen-bond donors (Lipinski definition) is 2. The second-order valence-electron chi connectivity index (χ2n) is 10.3. The Balaban J connectivity index is 1.84. The Labute approximate surface area is 227 Å². The lowest BCUT2D eigenvalue weighted by Crippen LogP contribution is -2.55. The fourth-order valence-corrected chi connectivity index (χ4v) is 4.09. The van der Waals surface area contributed by atoms with Gasteiger partial charge in [-0.15, -0.1) is 0 Å². The van der Waals surface area contributed by atoms with E-state index in [1.165, 1.54) is 22.8 Å². The molecule has 0 bridgehead atoms. The molecule has 0 unspecified atom stereocenters. The molecular formula is C28H34N4O7. The van der Waals surface area contributed by atoms with Crippen LogP contribution < -0.4 is 5.32 Å². The Hall–Kier alpha value is -4.28. The van der Waals surface area contributed by atoms with Crippen molar-refractivity contribution in [2.75, 3.05) is 26.2 Å². The molecule has 11 nitrogen and oxygen atoms in total. The van der Waals surface area contributed by atoms with Crippen molar-refractivity contribution in [3.8, 4) is 11.3 Å². The van der Waals surface area contributed by atoms with E-state index in [-0.39, 0.29) is 56.1 Å². The fraction of sp³-hybridized carbons (Fsp3) is 0.429. The van der Waals surface area contributed by atoms with Gasteiger partial charge in [-0.2, -0.15) is 0 Å². The molecule has 1 aromatic heterocycles. The Morgan fingerprint density at radius 1 is 1.00 bits per heavy atom. The molecule has 1 aliphatic heterocycles. The predicted molar refractivity (Wildman–Crippen MR) is 142 cm³/mol. The van der Waals surface area contributed by atoms with Gasteiger partial charge in [-0.3, -0.25) is 19.2 Å². The number of carbonyl (C=O) groups is 5. The molecule has 3 amide bonds. The first kappa shape index (κ1) is 29.3. The number of carboxylic acid groups (broad SMARTS) is 1. The van der Waals surface area contributed by atoms with Crippen LogP contribution in [0.1, 0.15) is 61.4 Å². The van der Waals surface area contributed by atoms with Crippen LogP contribution in [0, 0.1) is 0 Å². The summed E-state index contributed by atoms with van der Waals surface area (Å²) >= 11 is 0. The predicted octanol–water partition coefficient (Wildman–Crippen LogP) is 2.99. The molecule has 208 valence electrons. The largest absolute Gasteiger partial charge is 0.465 e. The van der Waals surface area contributed by atoms with Gasteiger partial charge in [0.1, 0.15) is 17.3 Å². The third kappa shape index (κ3) is 8.36. The highest BCUT2D eigenvalue weighted by atomic mass is 16.6. The smallest absolute Gasteiger partial charge is 0.407 e. The monoisotopic (exact) mass is 538 g/mol. The van der Waals surface area contributed by atoms with Gasteiger partial charge in [-0.25, -0.2) is 9.78 Å². The summed E-state index contributed by atoms with van der Waals surface area (Å²) < 4.78 is 5.35. The first-order chi connectivity index (χ1) is 18.3. The minimum atomic E-state index is -1.09. The topological polar surface area (TPSA) is 146 Å². The number of esters is 1. The lowest BCUT2D eigenvalue weighted by atomic mass is 10.0. The SMILES string of the molecule is CC(=O)c1cc(C(=O)N[C@@H](CCC(=O)OC(C)(C)C)C(=O)N2CCN(C(=O)O)CC2)nc(-c2ccccc2)c1. The average molecular weight is 539 g/mol. The number of aromatic nitrogens is 1. The Bertz CT molecular complexity index is 1230. The lowest BCUT2D eigenvalue weighted by Gasteiger charge is -2.35. The third-order valence-corrected chi connectivity index (χ3v) is 6.06. The molecule has 1 aliphatic rings.